The zero-order chi connectivity index (χ0) is 19.5. The molecule has 2 rings (SSSR count). The number of alkyl carbamates (subject to hydrolysis) is 1. The number of carbonyl (C=O) groups is 2. The van der Waals surface area contributed by atoms with Crippen molar-refractivity contribution >= 4 is 34.6 Å². The molecule has 2 aromatic rings. The zero-order valence-electron chi connectivity index (χ0n) is 15.0. The molecule has 1 heterocycles. The molecule has 0 spiro atoms. The molecule has 1 N–H and O–H groups in total. The molecule has 1 aromatic carbocycles. The van der Waals surface area contributed by atoms with Crippen molar-refractivity contribution in [1.82, 2.24) is 5.32 Å². The fourth-order valence-corrected chi connectivity index (χ4v) is 2.35. The van der Waals surface area contributed by atoms with Crippen LogP contribution < -0.4 is 15.7 Å². The Balaban J connectivity index is 2.00. The van der Waals surface area contributed by atoms with Gasteiger partial charge in [0.05, 0.1) is 11.4 Å². The minimum Gasteiger partial charge on any atom is -0.444 e. The molecular weight excluding hydrogens is 362 g/mol. The van der Waals surface area contributed by atoms with Crippen molar-refractivity contribution in [3.63, 3.8) is 0 Å². The number of esters is 1. The molecule has 0 aliphatic carbocycles. The smallest absolute Gasteiger partial charge is 0.407 e. The van der Waals surface area contributed by atoms with Gasteiger partial charge >= 0.3 is 17.7 Å². The summed E-state index contributed by atoms with van der Waals surface area (Å²) in [5, 5.41) is 3.32. The molecule has 140 valence electrons. The maximum Gasteiger partial charge on any atom is 0.407 e. The molecule has 0 saturated heterocycles. The molecule has 0 unspecified atom stereocenters. The van der Waals surface area contributed by atoms with E-state index in [-0.39, 0.29) is 29.3 Å². The Morgan fingerprint density at radius 3 is 2.58 bits per heavy atom. The second-order valence-electron chi connectivity index (χ2n) is 6.68. The van der Waals surface area contributed by atoms with Gasteiger partial charge in [0.1, 0.15) is 11.2 Å². The first-order valence-electron chi connectivity index (χ1n) is 7.97. The predicted molar refractivity (Wildman–Crippen MR) is 96.7 cm³/mol. The number of hydrogen-bond donors (Lipinski definition) is 1. The van der Waals surface area contributed by atoms with Gasteiger partial charge < -0.3 is 19.2 Å². The quantitative estimate of drug-likeness (QED) is 0.494. The molecule has 0 aliphatic heterocycles. The Hall–Kier alpha value is -2.54. The van der Waals surface area contributed by atoms with Gasteiger partial charge in [-0.3, -0.25) is 4.79 Å². The number of benzene rings is 1. The van der Waals surface area contributed by atoms with E-state index < -0.39 is 23.3 Å². The highest BCUT2D eigenvalue weighted by molar-refractivity contribution is 6.33. The SMILES string of the molecule is Cc1cc(=O)oc2cc(OC(=O)CCNC(=O)OC(C)(C)C)c(Cl)cc12. The molecule has 0 fully saturated rings. The molecule has 1 amide bonds. The van der Waals surface area contributed by atoms with Crippen molar-refractivity contribution in [2.24, 2.45) is 0 Å². The predicted octanol–water partition coefficient (Wildman–Crippen LogP) is 3.58. The van der Waals surface area contributed by atoms with Gasteiger partial charge in [0.15, 0.2) is 5.75 Å². The molecule has 8 heteroatoms. The van der Waals surface area contributed by atoms with Gasteiger partial charge in [-0.05, 0) is 39.3 Å². The highest BCUT2D eigenvalue weighted by atomic mass is 35.5. The van der Waals surface area contributed by atoms with Crippen molar-refractivity contribution in [2.75, 3.05) is 6.54 Å². The lowest BCUT2D eigenvalue weighted by Gasteiger charge is -2.19. The van der Waals surface area contributed by atoms with Crippen LogP contribution in [-0.2, 0) is 9.53 Å². The number of carbonyl (C=O) groups excluding carboxylic acids is 2. The number of nitrogens with one attached hydrogen (secondary N) is 1. The number of hydrogen-bond acceptors (Lipinski definition) is 6. The number of amides is 1. The summed E-state index contributed by atoms with van der Waals surface area (Å²) in [6.45, 7) is 7.02. The Labute approximate surface area is 155 Å². The molecule has 0 saturated carbocycles. The fourth-order valence-electron chi connectivity index (χ4n) is 2.15. The van der Waals surface area contributed by atoms with E-state index in [9.17, 15) is 14.4 Å². The highest BCUT2D eigenvalue weighted by Gasteiger charge is 2.17. The third kappa shape index (κ3) is 5.49. The second-order valence-corrected chi connectivity index (χ2v) is 7.09. The molecule has 7 nitrogen and oxygen atoms in total. The summed E-state index contributed by atoms with van der Waals surface area (Å²) in [4.78, 5) is 34.9. The molecule has 1 aromatic heterocycles. The molecular formula is C18H20ClNO6. The number of fused-ring (bicyclic) bond motifs is 1. The average Bonchev–Trinajstić information content (AvgIpc) is 2.47. The summed E-state index contributed by atoms with van der Waals surface area (Å²) in [5.74, 6) is -0.521. The maximum atomic E-state index is 11.9. The summed E-state index contributed by atoms with van der Waals surface area (Å²) >= 11 is 6.13. The van der Waals surface area contributed by atoms with Crippen LogP contribution in [0.5, 0.6) is 5.75 Å². The normalized spacial score (nSPS) is 11.3. The lowest BCUT2D eigenvalue weighted by molar-refractivity contribution is -0.134. The van der Waals surface area contributed by atoms with E-state index in [1.807, 2.05) is 0 Å². The van der Waals surface area contributed by atoms with Gasteiger partial charge in [-0.1, -0.05) is 11.6 Å². The zero-order valence-corrected chi connectivity index (χ0v) is 15.7. The number of aryl methyl sites for hydroxylation is 1. The van der Waals surface area contributed by atoms with Crippen LogP contribution in [0.2, 0.25) is 5.02 Å². The topological polar surface area (TPSA) is 94.8 Å². The Morgan fingerprint density at radius 1 is 1.23 bits per heavy atom. The van der Waals surface area contributed by atoms with Crippen LogP contribution in [0.4, 0.5) is 4.79 Å². The maximum absolute atomic E-state index is 11.9. The molecule has 0 bridgehead atoms. The van der Waals surface area contributed by atoms with Crippen LogP contribution in [-0.4, -0.2) is 24.2 Å². The largest absolute Gasteiger partial charge is 0.444 e. The molecule has 0 atom stereocenters. The lowest BCUT2D eigenvalue weighted by atomic mass is 10.1. The van der Waals surface area contributed by atoms with Crippen molar-refractivity contribution in [2.45, 2.75) is 39.7 Å². The monoisotopic (exact) mass is 381 g/mol. The first-order valence-corrected chi connectivity index (χ1v) is 8.34. The van der Waals surface area contributed by atoms with Crippen molar-refractivity contribution in [3.8, 4) is 5.75 Å². The third-order valence-electron chi connectivity index (χ3n) is 3.22. The van der Waals surface area contributed by atoms with E-state index in [4.69, 9.17) is 25.5 Å². The van der Waals surface area contributed by atoms with Gasteiger partial charge in [0.25, 0.3) is 0 Å². The molecule has 0 radical (unpaired) electrons. The fraction of sp³-hybridized carbons (Fsp3) is 0.389. The van der Waals surface area contributed by atoms with Crippen LogP contribution >= 0.6 is 11.6 Å². The van der Waals surface area contributed by atoms with E-state index in [1.54, 1.807) is 33.8 Å². The number of halogens is 1. The van der Waals surface area contributed by atoms with Gasteiger partial charge in [-0.2, -0.15) is 0 Å². The summed E-state index contributed by atoms with van der Waals surface area (Å²) < 4.78 is 15.4. The van der Waals surface area contributed by atoms with E-state index in [1.165, 1.54) is 12.1 Å². The van der Waals surface area contributed by atoms with Gasteiger partial charge in [0, 0.05) is 24.1 Å². The van der Waals surface area contributed by atoms with E-state index >= 15 is 0 Å². The lowest BCUT2D eigenvalue weighted by Crippen LogP contribution is -2.34. The third-order valence-corrected chi connectivity index (χ3v) is 3.52. The number of ether oxygens (including phenoxy) is 2. The number of rotatable bonds is 4. The summed E-state index contributed by atoms with van der Waals surface area (Å²) in [6, 6.07) is 4.31. The van der Waals surface area contributed by atoms with Gasteiger partial charge in [0.2, 0.25) is 0 Å². The highest BCUT2D eigenvalue weighted by Crippen LogP contribution is 2.31. The van der Waals surface area contributed by atoms with Crippen molar-refractivity contribution < 1.29 is 23.5 Å². The Bertz CT molecular complexity index is 897. The van der Waals surface area contributed by atoms with Crippen molar-refractivity contribution in [3.05, 3.63) is 39.2 Å². The van der Waals surface area contributed by atoms with Crippen LogP contribution in [0, 0.1) is 6.92 Å². The van der Waals surface area contributed by atoms with Crippen molar-refractivity contribution in [1.29, 1.82) is 0 Å². The van der Waals surface area contributed by atoms with Gasteiger partial charge in [-0.15, -0.1) is 0 Å². The molecule has 0 aliphatic rings. The van der Waals surface area contributed by atoms with E-state index in [2.05, 4.69) is 5.32 Å². The van der Waals surface area contributed by atoms with Gasteiger partial charge in [-0.25, -0.2) is 9.59 Å². The Kier molecular flexibility index (Phi) is 5.92. The minimum absolute atomic E-state index is 0.0487. The standard InChI is InChI=1S/C18H20ClNO6/c1-10-7-16(22)24-13-9-14(12(19)8-11(10)13)25-15(21)5-6-20-17(23)26-18(2,3)4/h7-9H,5-6H2,1-4H3,(H,20,23). The van der Waals surface area contributed by atoms with E-state index in [0.717, 1.165) is 0 Å². The first kappa shape index (κ1) is 19.8. The van der Waals surface area contributed by atoms with Crippen LogP contribution in [0.25, 0.3) is 11.0 Å². The summed E-state index contributed by atoms with van der Waals surface area (Å²) in [7, 11) is 0. The Morgan fingerprint density at radius 2 is 1.92 bits per heavy atom. The van der Waals surface area contributed by atoms with Crippen LogP contribution in [0.3, 0.4) is 0 Å². The summed E-state index contributed by atoms with van der Waals surface area (Å²) in [6.07, 6.45) is -0.697. The average molecular weight is 382 g/mol. The van der Waals surface area contributed by atoms with Crippen LogP contribution in [0.15, 0.2) is 27.4 Å². The first-order chi connectivity index (χ1) is 12.0. The molecule has 26 heavy (non-hydrogen) atoms. The summed E-state index contributed by atoms with van der Waals surface area (Å²) in [5.41, 5.74) is -0.145. The second kappa shape index (κ2) is 7.78. The minimum atomic E-state index is -0.620. The van der Waals surface area contributed by atoms with Crippen LogP contribution in [0.1, 0.15) is 32.8 Å². The van der Waals surface area contributed by atoms with E-state index in [0.29, 0.717) is 10.9 Å².